The molecule has 0 fully saturated rings. The van der Waals surface area contributed by atoms with Crippen LogP contribution in [0, 0.1) is 0 Å². The van der Waals surface area contributed by atoms with Gasteiger partial charge < -0.3 is 4.98 Å². The Hall–Kier alpha value is -1.83. The summed E-state index contributed by atoms with van der Waals surface area (Å²) in [4.78, 5) is 7.46. The zero-order chi connectivity index (χ0) is 8.67. The van der Waals surface area contributed by atoms with Crippen LogP contribution in [-0.2, 0) is 0 Å². The van der Waals surface area contributed by atoms with E-state index in [4.69, 9.17) is 0 Å². The molecule has 3 aromatic rings. The number of H-pyrrole nitrogens is 1. The summed E-state index contributed by atoms with van der Waals surface area (Å²) in [6.45, 7) is 0. The highest BCUT2D eigenvalue weighted by molar-refractivity contribution is 5.94. The van der Waals surface area contributed by atoms with Gasteiger partial charge in [-0.25, -0.2) is 0 Å². The highest BCUT2D eigenvalue weighted by Crippen LogP contribution is 2.19. The van der Waals surface area contributed by atoms with Gasteiger partial charge in [0.05, 0.1) is 5.52 Å². The molecule has 3 rings (SSSR count). The average molecular weight is 168 g/mol. The molecule has 0 aliphatic rings. The molecular formula is C11H8N2. The molecule has 0 aliphatic heterocycles. The van der Waals surface area contributed by atoms with E-state index in [1.54, 1.807) is 0 Å². The molecule has 1 N–H and O–H groups in total. The maximum absolute atomic E-state index is 4.29. The second-order valence-corrected chi connectivity index (χ2v) is 3.11. The molecule has 0 saturated carbocycles. The number of aromatic nitrogens is 2. The Kier molecular flexibility index (Phi) is 1.19. The van der Waals surface area contributed by atoms with Gasteiger partial charge in [-0.05, 0) is 24.3 Å². The minimum Gasteiger partial charge on any atom is -0.361 e. The lowest BCUT2D eigenvalue weighted by atomic mass is 10.1. The average Bonchev–Trinajstić information content (AvgIpc) is 2.61. The molecule has 2 aromatic heterocycles. The van der Waals surface area contributed by atoms with Crippen molar-refractivity contribution in [3.05, 3.63) is 42.7 Å². The predicted octanol–water partition coefficient (Wildman–Crippen LogP) is 2.72. The van der Waals surface area contributed by atoms with Crippen LogP contribution in [-0.4, -0.2) is 9.97 Å². The normalized spacial score (nSPS) is 11.1. The molecule has 0 atom stereocenters. The van der Waals surface area contributed by atoms with Crippen LogP contribution in [0.25, 0.3) is 21.8 Å². The molecule has 62 valence electrons. The SMILES string of the molecule is c1cnc2cc3[nH]ccc3cc2c1. The van der Waals surface area contributed by atoms with Gasteiger partial charge in [0, 0.05) is 28.7 Å². The molecule has 1 aromatic carbocycles. The summed E-state index contributed by atoms with van der Waals surface area (Å²) in [5.74, 6) is 0. The molecule has 0 unspecified atom stereocenters. The number of rotatable bonds is 0. The first kappa shape index (κ1) is 6.66. The number of aromatic amines is 1. The lowest BCUT2D eigenvalue weighted by Gasteiger charge is -1.95. The fourth-order valence-electron chi connectivity index (χ4n) is 1.62. The van der Waals surface area contributed by atoms with Gasteiger partial charge in [0.25, 0.3) is 0 Å². The zero-order valence-corrected chi connectivity index (χ0v) is 6.99. The monoisotopic (exact) mass is 168 g/mol. The van der Waals surface area contributed by atoms with E-state index in [2.05, 4.69) is 34.2 Å². The van der Waals surface area contributed by atoms with Gasteiger partial charge in [0.2, 0.25) is 0 Å². The summed E-state index contributed by atoms with van der Waals surface area (Å²) >= 11 is 0. The van der Waals surface area contributed by atoms with E-state index < -0.39 is 0 Å². The van der Waals surface area contributed by atoms with Crippen molar-refractivity contribution in [1.29, 1.82) is 0 Å². The highest BCUT2D eigenvalue weighted by Gasteiger charge is 1.97. The zero-order valence-electron chi connectivity index (χ0n) is 6.99. The van der Waals surface area contributed by atoms with Gasteiger partial charge in [-0.2, -0.15) is 0 Å². The van der Waals surface area contributed by atoms with E-state index >= 15 is 0 Å². The summed E-state index contributed by atoms with van der Waals surface area (Å²) in [6, 6.07) is 10.3. The molecule has 0 amide bonds. The number of fused-ring (bicyclic) bond motifs is 2. The van der Waals surface area contributed by atoms with E-state index in [-0.39, 0.29) is 0 Å². The maximum atomic E-state index is 4.29. The fraction of sp³-hybridized carbons (Fsp3) is 0. The van der Waals surface area contributed by atoms with Crippen LogP contribution in [0.4, 0.5) is 0 Å². The van der Waals surface area contributed by atoms with Crippen LogP contribution in [0.3, 0.4) is 0 Å². The molecule has 0 aliphatic carbocycles. The van der Waals surface area contributed by atoms with Crippen LogP contribution >= 0.6 is 0 Å². The predicted molar refractivity (Wildman–Crippen MR) is 53.6 cm³/mol. The topological polar surface area (TPSA) is 28.7 Å². The molecule has 13 heavy (non-hydrogen) atoms. The van der Waals surface area contributed by atoms with Gasteiger partial charge in [-0.1, -0.05) is 6.07 Å². The van der Waals surface area contributed by atoms with Crippen molar-refractivity contribution in [2.24, 2.45) is 0 Å². The Balaban J connectivity index is 2.57. The quantitative estimate of drug-likeness (QED) is 0.549. The summed E-state index contributed by atoms with van der Waals surface area (Å²) in [6.07, 6.45) is 3.76. The Morgan fingerprint density at radius 2 is 2.08 bits per heavy atom. The summed E-state index contributed by atoms with van der Waals surface area (Å²) in [5, 5.41) is 2.43. The van der Waals surface area contributed by atoms with Crippen molar-refractivity contribution in [2.45, 2.75) is 0 Å². The lowest BCUT2D eigenvalue weighted by Crippen LogP contribution is -1.76. The fourth-order valence-corrected chi connectivity index (χ4v) is 1.62. The molecule has 2 nitrogen and oxygen atoms in total. The van der Waals surface area contributed by atoms with Crippen molar-refractivity contribution in [3.8, 4) is 0 Å². The number of pyridine rings is 1. The number of hydrogen-bond donors (Lipinski definition) is 1. The molecular weight excluding hydrogens is 160 g/mol. The number of benzene rings is 1. The molecule has 0 spiro atoms. The van der Waals surface area contributed by atoms with Crippen molar-refractivity contribution in [3.63, 3.8) is 0 Å². The van der Waals surface area contributed by atoms with E-state index in [9.17, 15) is 0 Å². The number of hydrogen-bond acceptors (Lipinski definition) is 1. The van der Waals surface area contributed by atoms with Crippen LogP contribution in [0.15, 0.2) is 42.7 Å². The van der Waals surface area contributed by atoms with Crippen molar-refractivity contribution < 1.29 is 0 Å². The number of nitrogens with one attached hydrogen (secondary N) is 1. The van der Waals surface area contributed by atoms with Crippen molar-refractivity contribution in [2.75, 3.05) is 0 Å². The molecule has 0 bridgehead atoms. The highest BCUT2D eigenvalue weighted by atomic mass is 14.7. The van der Waals surface area contributed by atoms with Crippen LogP contribution in [0.1, 0.15) is 0 Å². The Bertz CT molecular complexity index is 517. The van der Waals surface area contributed by atoms with E-state index in [0.29, 0.717) is 0 Å². The first-order valence-corrected chi connectivity index (χ1v) is 4.25. The maximum Gasteiger partial charge on any atom is 0.0723 e. The minimum atomic E-state index is 1.04. The lowest BCUT2D eigenvalue weighted by molar-refractivity contribution is 1.41. The van der Waals surface area contributed by atoms with Crippen LogP contribution in [0.5, 0.6) is 0 Å². The summed E-state index contributed by atoms with van der Waals surface area (Å²) in [5.41, 5.74) is 2.18. The summed E-state index contributed by atoms with van der Waals surface area (Å²) < 4.78 is 0. The Morgan fingerprint density at radius 1 is 1.08 bits per heavy atom. The van der Waals surface area contributed by atoms with Gasteiger partial charge >= 0.3 is 0 Å². The van der Waals surface area contributed by atoms with Crippen molar-refractivity contribution in [1.82, 2.24) is 9.97 Å². The number of nitrogens with zero attached hydrogens (tertiary/aromatic N) is 1. The standard InChI is InChI=1S/C11H8N2/c1-2-8-6-9-3-5-13-11(9)7-10(8)12-4-1/h1-7,13H. The van der Waals surface area contributed by atoms with E-state index in [0.717, 1.165) is 11.0 Å². The molecule has 0 radical (unpaired) electrons. The van der Waals surface area contributed by atoms with E-state index in [1.807, 2.05) is 18.5 Å². The van der Waals surface area contributed by atoms with Gasteiger partial charge in [-0.15, -0.1) is 0 Å². The van der Waals surface area contributed by atoms with Crippen molar-refractivity contribution >= 4 is 21.8 Å². The molecule has 0 saturated heterocycles. The first-order valence-electron chi connectivity index (χ1n) is 4.25. The van der Waals surface area contributed by atoms with Gasteiger partial charge in [0.1, 0.15) is 0 Å². The second kappa shape index (κ2) is 2.33. The van der Waals surface area contributed by atoms with Gasteiger partial charge in [-0.3, -0.25) is 4.98 Å². The first-order chi connectivity index (χ1) is 6.43. The third kappa shape index (κ3) is 0.920. The third-order valence-electron chi connectivity index (χ3n) is 2.28. The van der Waals surface area contributed by atoms with E-state index in [1.165, 1.54) is 10.8 Å². The second-order valence-electron chi connectivity index (χ2n) is 3.11. The van der Waals surface area contributed by atoms with Crippen LogP contribution in [0.2, 0.25) is 0 Å². The third-order valence-corrected chi connectivity index (χ3v) is 2.28. The summed E-state index contributed by atoms with van der Waals surface area (Å²) in [7, 11) is 0. The Labute approximate surface area is 75.2 Å². The molecule has 2 heterocycles. The smallest absolute Gasteiger partial charge is 0.0723 e. The largest absolute Gasteiger partial charge is 0.361 e. The Morgan fingerprint density at radius 3 is 3.08 bits per heavy atom. The molecule has 2 heteroatoms. The van der Waals surface area contributed by atoms with Crippen LogP contribution < -0.4 is 0 Å². The van der Waals surface area contributed by atoms with Gasteiger partial charge in [0.15, 0.2) is 0 Å². The minimum absolute atomic E-state index is 1.04.